The van der Waals surface area contributed by atoms with Crippen LogP contribution in [-0.4, -0.2) is 23.5 Å². The third-order valence-corrected chi connectivity index (χ3v) is 4.62. The molecule has 0 atom stereocenters. The first-order valence-electron chi connectivity index (χ1n) is 9.77. The van der Waals surface area contributed by atoms with Crippen LogP contribution >= 0.6 is 0 Å². The van der Waals surface area contributed by atoms with Gasteiger partial charge in [-0.1, -0.05) is 60.7 Å². The highest BCUT2D eigenvalue weighted by Gasteiger charge is 2.26. The highest BCUT2D eigenvalue weighted by atomic mass is 16.5. The first-order chi connectivity index (χ1) is 13.6. The molecule has 0 aliphatic carbocycles. The maximum absolute atomic E-state index is 13.4. The van der Waals surface area contributed by atoms with E-state index in [9.17, 15) is 4.79 Å². The topological polar surface area (TPSA) is 29.5 Å². The molecule has 1 amide bonds. The van der Waals surface area contributed by atoms with E-state index >= 15 is 0 Å². The molecule has 28 heavy (non-hydrogen) atoms. The van der Waals surface area contributed by atoms with Crippen LogP contribution in [0.2, 0.25) is 0 Å². The van der Waals surface area contributed by atoms with Crippen molar-refractivity contribution in [2.75, 3.05) is 6.54 Å². The molecule has 3 rings (SSSR count). The highest BCUT2D eigenvalue weighted by Crippen LogP contribution is 2.30. The Morgan fingerprint density at radius 1 is 0.821 bits per heavy atom. The van der Waals surface area contributed by atoms with Crippen LogP contribution in [0.5, 0.6) is 5.75 Å². The number of amides is 1. The van der Waals surface area contributed by atoms with Gasteiger partial charge in [0.25, 0.3) is 5.91 Å². The van der Waals surface area contributed by atoms with Gasteiger partial charge in [0, 0.05) is 12.1 Å². The largest absolute Gasteiger partial charge is 0.491 e. The lowest BCUT2D eigenvalue weighted by Gasteiger charge is -2.32. The van der Waals surface area contributed by atoms with E-state index in [-0.39, 0.29) is 18.1 Å². The summed E-state index contributed by atoms with van der Waals surface area (Å²) in [6.07, 6.45) is 0.106. The first kappa shape index (κ1) is 19.7. The second-order valence-electron chi connectivity index (χ2n) is 7.01. The van der Waals surface area contributed by atoms with E-state index in [4.69, 9.17) is 4.74 Å². The molecule has 3 aromatic carbocycles. The zero-order chi connectivity index (χ0) is 19.9. The van der Waals surface area contributed by atoms with Crippen LogP contribution in [0.1, 0.15) is 48.3 Å². The Morgan fingerprint density at radius 2 is 1.32 bits per heavy atom. The Hall–Kier alpha value is -3.07. The van der Waals surface area contributed by atoms with E-state index in [2.05, 4.69) is 24.3 Å². The van der Waals surface area contributed by atoms with Gasteiger partial charge in [-0.3, -0.25) is 4.79 Å². The summed E-state index contributed by atoms with van der Waals surface area (Å²) in [6.45, 7) is 6.61. The van der Waals surface area contributed by atoms with Gasteiger partial charge in [-0.25, -0.2) is 0 Å². The van der Waals surface area contributed by atoms with Crippen LogP contribution in [0, 0.1) is 0 Å². The monoisotopic (exact) mass is 373 g/mol. The summed E-state index contributed by atoms with van der Waals surface area (Å²) in [5.74, 6) is 0.786. The molecule has 0 radical (unpaired) electrons. The van der Waals surface area contributed by atoms with Crippen molar-refractivity contribution in [3.63, 3.8) is 0 Å². The highest BCUT2D eigenvalue weighted by molar-refractivity contribution is 5.94. The zero-order valence-electron chi connectivity index (χ0n) is 16.7. The standard InChI is InChI=1S/C25H27NO2/c1-4-26(25(27)22-15-17-23(18-16-22)28-19(2)3)24(20-11-7-5-8-12-20)21-13-9-6-10-14-21/h5-19,24H,4H2,1-3H3. The molecule has 0 spiro atoms. The molecule has 0 saturated carbocycles. The quantitative estimate of drug-likeness (QED) is 0.530. The van der Waals surface area contributed by atoms with Gasteiger partial charge in [-0.2, -0.15) is 0 Å². The molecule has 0 fully saturated rings. The molecule has 0 aliphatic heterocycles. The molecule has 3 aromatic rings. The maximum Gasteiger partial charge on any atom is 0.254 e. The van der Waals surface area contributed by atoms with Crippen LogP contribution < -0.4 is 4.74 Å². The van der Waals surface area contributed by atoms with Crippen molar-refractivity contribution in [3.05, 3.63) is 102 Å². The van der Waals surface area contributed by atoms with Crippen LogP contribution in [0.25, 0.3) is 0 Å². The summed E-state index contributed by atoms with van der Waals surface area (Å²) < 4.78 is 5.70. The van der Waals surface area contributed by atoms with Gasteiger partial charge < -0.3 is 9.64 Å². The van der Waals surface area contributed by atoms with Gasteiger partial charge in [-0.15, -0.1) is 0 Å². The van der Waals surface area contributed by atoms with Gasteiger partial charge in [0.05, 0.1) is 12.1 Å². The number of hydrogen-bond donors (Lipinski definition) is 0. The van der Waals surface area contributed by atoms with Crippen molar-refractivity contribution in [1.29, 1.82) is 0 Å². The number of nitrogens with zero attached hydrogens (tertiary/aromatic N) is 1. The number of carbonyl (C=O) groups is 1. The van der Waals surface area contributed by atoms with E-state index in [1.54, 1.807) is 0 Å². The molecule has 0 aromatic heterocycles. The average molecular weight is 373 g/mol. The molecular weight excluding hydrogens is 346 g/mol. The van der Waals surface area contributed by atoms with E-state index in [1.165, 1.54) is 0 Å². The number of ether oxygens (including phenoxy) is 1. The molecule has 0 bridgehead atoms. The minimum Gasteiger partial charge on any atom is -0.491 e. The molecule has 0 saturated heterocycles. The maximum atomic E-state index is 13.4. The lowest BCUT2D eigenvalue weighted by molar-refractivity contribution is 0.0717. The minimum atomic E-state index is -0.133. The lowest BCUT2D eigenvalue weighted by atomic mass is 9.96. The second kappa shape index (κ2) is 9.23. The molecule has 3 nitrogen and oxygen atoms in total. The van der Waals surface area contributed by atoms with Crippen molar-refractivity contribution in [2.45, 2.75) is 32.9 Å². The second-order valence-corrected chi connectivity index (χ2v) is 7.01. The van der Waals surface area contributed by atoms with Gasteiger partial charge in [0.1, 0.15) is 5.75 Å². The molecule has 144 valence electrons. The fraction of sp³-hybridized carbons (Fsp3) is 0.240. The summed E-state index contributed by atoms with van der Waals surface area (Å²) in [5, 5.41) is 0. The Labute approximate surface area is 167 Å². The van der Waals surface area contributed by atoms with Crippen molar-refractivity contribution >= 4 is 5.91 Å². The average Bonchev–Trinajstić information content (AvgIpc) is 2.73. The molecule has 0 unspecified atom stereocenters. The van der Waals surface area contributed by atoms with E-state index in [0.29, 0.717) is 12.1 Å². The normalized spacial score (nSPS) is 10.9. The third kappa shape index (κ3) is 4.61. The Bertz CT molecular complexity index is 834. The van der Waals surface area contributed by atoms with Crippen LogP contribution in [-0.2, 0) is 0 Å². The smallest absolute Gasteiger partial charge is 0.254 e. The predicted molar refractivity (Wildman–Crippen MR) is 114 cm³/mol. The van der Waals surface area contributed by atoms with Crippen LogP contribution in [0.3, 0.4) is 0 Å². The number of benzene rings is 3. The SMILES string of the molecule is CCN(C(=O)c1ccc(OC(C)C)cc1)C(c1ccccc1)c1ccccc1. The van der Waals surface area contributed by atoms with Crippen molar-refractivity contribution < 1.29 is 9.53 Å². The Morgan fingerprint density at radius 3 is 1.75 bits per heavy atom. The van der Waals surface area contributed by atoms with Crippen LogP contribution in [0.4, 0.5) is 0 Å². The number of hydrogen-bond acceptors (Lipinski definition) is 2. The van der Waals surface area contributed by atoms with Gasteiger partial charge >= 0.3 is 0 Å². The summed E-state index contributed by atoms with van der Waals surface area (Å²) in [5.41, 5.74) is 2.86. The molecule has 0 heterocycles. The van der Waals surface area contributed by atoms with Crippen molar-refractivity contribution in [3.8, 4) is 5.75 Å². The predicted octanol–water partition coefficient (Wildman–Crippen LogP) is 5.73. The van der Waals surface area contributed by atoms with E-state index in [0.717, 1.165) is 16.9 Å². The first-order valence-corrected chi connectivity index (χ1v) is 9.77. The van der Waals surface area contributed by atoms with Gasteiger partial charge in [-0.05, 0) is 56.2 Å². The molecule has 0 aliphatic rings. The van der Waals surface area contributed by atoms with Crippen molar-refractivity contribution in [1.82, 2.24) is 4.90 Å². The summed E-state index contributed by atoms with van der Waals surface area (Å²) in [6, 6.07) is 27.6. The summed E-state index contributed by atoms with van der Waals surface area (Å²) >= 11 is 0. The van der Waals surface area contributed by atoms with E-state index < -0.39 is 0 Å². The summed E-state index contributed by atoms with van der Waals surface area (Å²) in [7, 11) is 0. The fourth-order valence-electron chi connectivity index (χ4n) is 3.38. The lowest BCUT2D eigenvalue weighted by Crippen LogP contribution is -2.35. The van der Waals surface area contributed by atoms with Crippen molar-refractivity contribution in [2.24, 2.45) is 0 Å². The van der Waals surface area contributed by atoms with E-state index in [1.807, 2.05) is 86.3 Å². The third-order valence-electron chi connectivity index (χ3n) is 4.62. The molecule has 0 N–H and O–H groups in total. The fourth-order valence-corrected chi connectivity index (χ4v) is 3.38. The van der Waals surface area contributed by atoms with Gasteiger partial charge in [0.15, 0.2) is 0 Å². The number of carbonyl (C=O) groups excluding carboxylic acids is 1. The Balaban J connectivity index is 1.95. The Kier molecular flexibility index (Phi) is 6.49. The molecular formula is C25H27NO2. The zero-order valence-corrected chi connectivity index (χ0v) is 16.7. The minimum absolute atomic E-state index is 0.0105. The molecule has 3 heteroatoms. The summed E-state index contributed by atoms with van der Waals surface area (Å²) in [4.78, 5) is 15.3. The number of rotatable bonds is 7. The van der Waals surface area contributed by atoms with Crippen LogP contribution in [0.15, 0.2) is 84.9 Å². The van der Waals surface area contributed by atoms with Gasteiger partial charge in [0.2, 0.25) is 0 Å².